The molecule has 2 aromatic heterocycles. The Morgan fingerprint density at radius 2 is 2.14 bits per heavy atom. The van der Waals surface area contributed by atoms with Crippen LogP contribution in [0.5, 0.6) is 0 Å². The molecule has 0 aromatic carbocycles. The minimum absolute atomic E-state index is 0.478. The van der Waals surface area contributed by atoms with Gasteiger partial charge in [0.05, 0.1) is 12.6 Å². The lowest BCUT2D eigenvalue weighted by molar-refractivity contribution is 0.0277. The van der Waals surface area contributed by atoms with Crippen molar-refractivity contribution < 1.29 is 4.74 Å². The molecule has 0 aliphatic heterocycles. The number of aliphatic imine (C=N–C) groups is 1. The second-order valence-corrected chi connectivity index (χ2v) is 7.08. The predicted molar refractivity (Wildman–Crippen MR) is 112 cm³/mol. The Labute approximate surface area is 167 Å². The fourth-order valence-corrected chi connectivity index (χ4v) is 3.36. The summed E-state index contributed by atoms with van der Waals surface area (Å²) >= 11 is 0. The minimum Gasteiger partial charge on any atom is -0.378 e. The normalized spacial score (nSPS) is 15.5. The first-order chi connectivity index (χ1) is 13.8. The summed E-state index contributed by atoms with van der Waals surface area (Å²) in [7, 11) is 0. The minimum atomic E-state index is 0.478. The first-order valence-corrected chi connectivity index (χ1v) is 10.4. The lowest BCUT2D eigenvalue weighted by atomic mass is 9.98. The van der Waals surface area contributed by atoms with Gasteiger partial charge in [0.15, 0.2) is 11.8 Å². The SMILES string of the molecule is CCNC(=NCc1ccnc(-n2cccn2)c1)NCCCOC1CCCCC1. The maximum absolute atomic E-state index is 5.99. The van der Waals surface area contributed by atoms with Gasteiger partial charge in [0.1, 0.15) is 0 Å². The van der Waals surface area contributed by atoms with Crippen LogP contribution in [0, 0.1) is 0 Å². The number of hydrogen-bond acceptors (Lipinski definition) is 4. The second-order valence-electron chi connectivity index (χ2n) is 7.08. The van der Waals surface area contributed by atoms with Crippen molar-refractivity contribution in [3.8, 4) is 5.82 Å². The number of pyridine rings is 1. The zero-order valence-corrected chi connectivity index (χ0v) is 16.8. The Bertz CT molecular complexity index is 709. The fraction of sp³-hybridized carbons (Fsp3) is 0.571. The van der Waals surface area contributed by atoms with Gasteiger partial charge in [0.2, 0.25) is 0 Å². The van der Waals surface area contributed by atoms with E-state index in [1.165, 1.54) is 32.1 Å². The van der Waals surface area contributed by atoms with E-state index in [0.717, 1.165) is 43.5 Å². The van der Waals surface area contributed by atoms with Gasteiger partial charge in [-0.3, -0.25) is 0 Å². The Balaban J connectivity index is 1.44. The van der Waals surface area contributed by atoms with Crippen LogP contribution in [0.25, 0.3) is 5.82 Å². The number of aromatic nitrogens is 3. The summed E-state index contributed by atoms with van der Waals surface area (Å²) in [4.78, 5) is 9.05. The molecule has 0 spiro atoms. The first-order valence-electron chi connectivity index (χ1n) is 10.4. The first kappa shape index (κ1) is 20.3. The van der Waals surface area contributed by atoms with Gasteiger partial charge in [-0.15, -0.1) is 0 Å². The molecular weight excluding hydrogens is 352 g/mol. The molecule has 2 N–H and O–H groups in total. The predicted octanol–water partition coefficient (Wildman–Crippen LogP) is 3.06. The standard InChI is InChI=1S/C21H32N6O/c1-2-22-21(24-11-7-15-28-19-8-4-3-5-9-19)25-17-18-10-13-23-20(16-18)27-14-6-12-26-27/h6,10,12-14,16,19H,2-5,7-9,11,15,17H2,1H3,(H2,22,24,25). The van der Waals surface area contributed by atoms with Crippen molar-refractivity contribution in [2.24, 2.45) is 4.99 Å². The van der Waals surface area contributed by atoms with Crippen LogP contribution in [-0.2, 0) is 11.3 Å². The molecule has 28 heavy (non-hydrogen) atoms. The van der Waals surface area contributed by atoms with Crippen molar-refractivity contribution in [3.63, 3.8) is 0 Å². The molecule has 7 heteroatoms. The van der Waals surface area contributed by atoms with Crippen molar-refractivity contribution in [2.75, 3.05) is 19.7 Å². The smallest absolute Gasteiger partial charge is 0.191 e. The van der Waals surface area contributed by atoms with E-state index in [2.05, 4.69) is 32.6 Å². The number of nitrogens with zero attached hydrogens (tertiary/aromatic N) is 4. The summed E-state index contributed by atoms with van der Waals surface area (Å²) in [6.07, 6.45) is 13.3. The van der Waals surface area contributed by atoms with Crippen LogP contribution in [-0.4, -0.2) is 46.5 Å². The van der Waals surface area contributed by atoms with Crippen molar-refractivity contribution in [2.45, 2.75) is 58.1 Å². The number of nitrogens with one attached hydrogen (secondary N) is 2. The molecule has 7 nitrogen and oxygen atoms in total. The van der Waals surface area contributed by atoms with E-state index in [1.54, 1.807) is 17.1 Å². The van der Waals surface area contributed by atoms with Crippen molar-refractivity contribution in [3.05, 3.63) is 42.4 Å². The molecule has 1 aliphatic carbocycles. The average molecular weight is 385 g/mol. The molecule has 152 valence electrons. The van der Waals surface area contributed by atoms with Crippen molar-refractivity contribution in [1.29, 1.82) is 0 Å². The third-order valence-electron chi connectivity index (χ3n) is 4.83. The van der Waals surface area contributed by atoms with E-state index in [-0.39, 0.29) is 0 Å². The van der Waals surface area contributed by atoms with E-state index < -0.39 is 0 Å². The molecule has 1 fully saturated rings. The topological polar surface area (TPSA) is 76.4 Å². The summed E-state index contributed by atoms with van der Waals surface area (Å²) in [6, 6.07) is 5.88. The largest absolute Gasteiger partial charge is 0.378 e. The average Bonchev–Trinajstić information content (AvgIpc) is 3.28. The van der Waals surface area contributed by atoms with E-state index in [1.807, 2.05) is 24.4 Å². The Kier molecular flexibility index (Phi) is 8.30. The highest BCUT2D eigenvalue weighted by molar-refractivity contribution is 5.79. The Morgan fingerprint density at radius 3 is 2.93 bits per heavy atom. The summed E-state index contributed by atoms with van der Waals surface area (Å²) in [5.41, 5.74) is 1.10. The lowest BCUT2D eigenvalue weighted by Crippen LogP contribution is -2.38. The van der Waals surface area contributed by atoms with Gasteiger partial charge in [0, 0.05) is 38.3 Å². The van der Waals surface area contributed by atoms with Crippen LogP contribution >= 0.6 is 0 Å². The van der Waals surface area contributed by atoms with Gasteiger partial charge in [-0.05, 0) is 49.9 Å². The molecule has 0 radical (unpaired) electrons. The number of rotatable bonds is 9. The van der Waals surface area contributed by atoms with Crippen LogP contribution < -0.4 is 10.6 Å². The monoisotopic (exact) mass is 384 g/mol. The maximum Gasteiger partial charge on any atom is 0.191 e. The van der Waals surface area contributed by atoms with Crippen LogP contribution in [0.2, 0.25) is 0 Å². The molecule has 1 saturated carbocycles. The summed E-state index contributed by atoms with van der Waals surface area (Å²) in [5.74, 6) is 1.63. The zero-order chi connectivity index (χ0) is 19.4. The zero-order valence-electron chi connectivity index (χ0n) is 16.8. The molecule has 3 rings (SSSR count). The van der Waals surface area contributed by atoms with Crippen LogP contribution in [0.1, 0.15) is 51.0 Å². The summed E-state index contributed by atoms with van der Waals surface area (Å²) in [6.45, 7) is 5.16. The highest BCUT2D eigenvalue weighted by atomic mass is 16.5. The second kappa shape index (κ2) is 11.4. The number of guanidine groups is 1. The molecule has 2 heterocycles. The van der Waals surface area contributed by atoms with Crippen molar-refractivity contribution >= 4 is 5.96 Å². The molecule has 0 amide bonds. The lowest BCUT2D eigenvalue weighted by Gasteiger charge is -2.22. The van der Waals surface area contributed by atoms with Gasteiger partial charge < -0.3 is 15.4 Å². The highest BCUT2D eigenvalue weighted by Gasteiger charge is 2.13. The molecule has 0 saturated heterocycles. The fourth-order valence-electron chi connectivity index (χ4n) is 3.36. The maximum atomic E-state index is 5.99. The van der Waals surface area contributed by atoms with Gasteiger partial charge in [-0.25, -0.2) is 14.7 Å². The van der Waals surface area contributed by atoms with E-state index in [9.17, 15) is 0 Å². The van der Waals surface area contributed by atoms with Gasteiger partial charge in [-0.1, -0.05) is 19.3 Å². The van der Waals surface area contributed by atoms with Gasteiger partial charge >= 0.3 is 0 Å². The van der Waals surface area contributed by atoms with E-state index in [0.29, 0.717) is 12.6 Å². The van der Waals surface area contributed by atoms with Gasteiger partial charge in [-0.2, -0.15) is 5.10 Å². The molecule has 2 aromatic rings. The molecule has 0 bridgehead atoms. The quantitative estimate of drug-likeness (QED) is 0.395. The number of ether oxygens (including phenoxy) is 1. The summed E-state index contributed by atoms with van der Waals surface area (Å²) in [5, 5.41) is 10.9. The van der Waals surface area contributed by atoms with Crippen LogP contribution in [0.3, 0.4) is 0 Å². The van der Waals surface area contributed by atoms with Crippen LogP contribution in [0.4, 0.5) is 0 Å². The molecular formula is C21H32N6O. The summed E-state index contributed by atoms with van der Waals surface area (Å²) < 4.78 is 7.74. The molecule has 0 atom stereocenters. The van der Waals surface area contributed by atoms with Gasteiger partial charge in [0.25, 0.3) is 0 Å². The number of hydrogen-bond donors (Lipinski definition) is 2. The Morgan fingerprint density at radius 1 is 1.25 bits per heavy atom. The van der Waals surface area contributed by atoms with Crippen molar-refractivity contribution in [1.82, 2.24) is 25.4 Å². The molecule has 1 aliphatic rings. The van der Waals surface area contributed by atoms with E-state index in [4.69, 9.17) is 4.74 Å². The highest BCUT2D eigenvalue weighted by Crippen LogP contribution is 2.20. The Hall–Kier alpha value is -2.41. The van der Waals surface area contributed by atoms with E-state index >= 15 is 0 Å². The third-order valence-corrected chi connectivity index (χ3v) is 4.83. The van der Waals surface area contributed by atoms with Crippen LogP contribution in [0.15, 0.2) is 41.8 Å². The molecule has 0 unspecified atom stereocenters. The third kappa shape index (κ3) is 6.64.